The lowest BCUT2D eigenvalue weighted by molar-refractivity contribution is 0.0209. The molecule has 0 radical (unpaired) electrons. The molecule has 1 aromatic carbocycles. The molecule has 2 rings (SSSR count). The van der Waals surface area contributed by atoms with Crippen molar-refractivity contribution in [3.8, 4) is 5.75 Å². The molecule has 21 heavy (non-hydrogen) atoms. The Morgan fingerprint density at radius 2 is 1.90 bits per heavy atom. The van der Waals surface area contributed by atoms with Gasteiger partial charge in [-0.15, -0.1) is 0 Å². The van der Waals surface area contributed by atoms with Crippen LogP contribution in [0.2, 0.25) is 0 Å². The average Bonchev–Trinajstić information content (AvgIpc) is 3.19. The van der Waals surface area contributed by atoms with Crippen LogP contribution in [0, 0.1) is 0 Å². The van der Waals surface area contributed by atoms with Crippen LogP contribution in [-0.2, 0) is 4.74 Å². The van der Waals surface area contributed by atoms with Gasteiger partial charge in [-0.05, 0) is 57.9 Å². The smallest absolute Gasteiger partial charge is 0.410 e. The van der Waals surface area contributed by atoms with Crippen LogP contribution < -0.4 is 4.74 Å². The topological polar surface area (TPSA) is 38.8 Å². The average molecular weight is 356 g/mol. The van der Waals surface area contributed by atoms with Gasteiger partial charge in [0.25, 0.3) is 0 Å². The molecule has 1 aliphatic rings. The number of nitrogens with zero attached hydrogens (tertiary/aromatic N) is 1. The predicted molar refractivity (Wildman–Crippen MR) is 85.6 cm³/mol. The fourth-order valence-electron chi connectivity index (χ4n) is 1.92. The highest BCUT2D eigenvalue weighted by molar-refractivity contribution is 9.10. The van der Waals surface area contributed by atoms with E-state index in [1.54, 1.807) is 4.90 Å². The second-order valence-electron chi connectivity index (χ2n) is 6.21. The maximum Gasteiger partial charge on any atom is 0.410 e. The fraction of sp³-hybridized carbons (Fsp3) is 0.562. The zero-order valence-electron chi connectivity index (χ0n) is 12.8. The number of halogens is 1. The van der Waals surface area contributed by atoms with E-state index in [0.29, 0.717) is 19.2 Å². The van der Waals surface area contributed by atoms with Gasteiger partial charge in [0.05, 0.1) is 6.54 Å². The Hall–Kier alpha value is -1.23. The van der Waals surface area contributed by atoms with E-state index in [0.717, 1.165) is 23.1 Å². The molecule has 0 unspecified atom stereocenters. The number of amides is 1. The van der Waals surface area contributed by atoms with E-state index in [9.17, 15) is 4.79 Å². The lowest BCUT2D eigenvalue weighted by Gasteiger charge is -2.27. The number of benzene rings is 1. The van der Waals surface area contributed by atoms with Crippen molar-refractivity contribution in [2.24, 2.45) is 0 Å². The number of ether oxygens (including phenoxy) is 2. The first-order valence-corrected chi connectivity index (χ1v) is 8.02. The highest BCUT2D eigenvalue weighted by Crippen LogP contribution is 2.28. The summed E-state index contributed by atoms with van der Waals surface area (Å²) in [6, 6.07) is 7.98. The largest absolute Gasteiger partial charge is 0.492 e. The minimum atomic E-state index is -0.462. The van der Waals surface area contributed by atoms with Crippen LogP contribution in [-0.4, -0.2) is 35.8 Å². The normalized spacial score (nSPS) is 14.7. The number of carbonyl (C=O) groups excluding carboxylic acids is 1. The lowest BCUT2D eigenvalue weighted by Crippen LogP contribution is -2.40. The maximum atomic E-state index is 12.2. The third-order valence-corrected chi connectivity index (χ3v) is 3.56. The quantitative estimate of drug-likeness (QED) is 0.793. The summed E-state index contributed by atoms with van der Waals surface area (Å²) >= 11 is 3.39. The monoisotopic (exact) mass is 355 g/mol. The van der Waals surface area contributed by atoms with Crippen molar-refractivity contribution < 1.29 is 14.3 Å². The van der Waals surface area contributed by atoms with Crippen LogP contribution in [0.1, 0.15) is 33.6 Å². The van der Waals surface area contributed by atoms with Crippen LogP contribution in [0.5, 0.6) is 5.75 Å². The second kappa shape index (κ2) is 6.69. The predicted octanol–water partition coefficient (Wildman–Crippen LogP) is 4.23. The molecule has 0 aromatic heterocycles. The van der Waals surface area contributed by atoms with Crippen molar-refractivity contribution in [2.45, 2.75) is 45.3 Å². The Morgan fingerprint density at radius 1 is 1.29 bits per heavy atom. The molecule has 0 spiro atoms. The van der Waals surface area contributed by atoms with Crippen molar-refractivity contribution in [2.75, 3.05) is 13.2 Å². The highest BCUT2D eigenvalue weighted by atomic mass is 79.9. The molecule has 0 heterocycles. The van der Waals surface area contributed by atoms with Gasteiger partial charge in [0, 0.05) is 10.5 Å². The first-order valence-electron chi connectivity index (χ1n) is 7.23. The van der Waals surface area contributed by atoms with E-state index in [1.807, 2.05) is 45.0 Å². The van der Waals surface area contributed by atoms with Gasteiger partial charge in [0.1, 0.15) is 18.0 Å². The molecule has 1 aromatic rings. The van der Waals surface area contributed by atoms with Crippen LogP contribution in [0.15, 0.2) is 28.7 Å². The number of rotatable bonds is 5. The van der Waals surface area contributed by atoms with E-state index >= 15 is 0 Å². The SMILES string of the molecule is CC(C)(C)OC(=O)N(CCOc1ccc(Br)cc1)C1CC1. The summed E-state index contributed by atoms with van der Waals surface area (Å²) in [7, 11) is 0. The Kier molecular flexibility index (Phi) is 5.14. The molecule has 4 nitrogen and oxygen atoms in total. The molecule has 5 heteroatoms. The summed E-state index contributed by atoms with van der Waals surface area (Å²) in [5, 5.41) is 0. The van der Waals surface area contributed by atoms with Gasteiger partial charge in [0.15, 0.2) is 0 Å². The highest BCUT2D eigenvalue weighted by Gasteiger charge is 2.34. The molecule has 116 valence electrons. The molecular formula is C16H22BrNO3. The van der Waals surface area contributed by atoms with E-state index in [4.69, 9.17) is 9.47 Å². The summed E-state index contributed by atoms with van der Waals surface area (Å²) in [6.45, 7) is 6.67. The first-order chi connectivity index (χ1) is 9.85. The van der Waals surface area contributed by atoms with Gasteiger partial charge in [-0.3, -0.25) is 0 Å². The van der Waals surface area contributed by atoms with Gasteiger partial charge in [-0.25, -0.2) is 4.79 Å². The molecule has 1 amide bonds. The Bertz CT molecular complexity index is 477. The van der Waals surface area contributed by atoms with Crippen molar-refractivity contribution in [1.82, 2.24) is 4.90 Å². The molecule has 0 aliphatic heterocycles. The third-order valence-electron chi connectivity index (χ3n) is 3.03. The van der Waals surface area contributed by atoms with Crippen LogP contribution in [0.4, 0.5) is 4.79 Å². The summed E-state index contributed by atoms with van der Waals surface area (Å²) < 4.78 is 12.1. The van der Waals surface area contributed by atoms with Crippen molar-refractivity contribution in [3.63, 3.8) is 0 Å². The Morgan fingerprint density at radius 3 is 2.43 bits per heavy atom. The summed E-state index contributed by atoms with van der Waals surface area (Å²) in [5.41, 5.74) is -0.462. The summed E-state index contributed by atoms with van der Waals surface area (Å²) in [4.78, 5) is 14.0. The van der Waals surface area contributed by atoms with Gasteiger partial charge in [-0.2, -0.15) is 0 Å². The van der Waals surface area contributed by atoms with Crippen LogP contribution in [0.3, 0.4) is 0 Å². The summed E-state index contributed by atoms with van der Waals surface area (Å²) in [5.74, 6) is 0.804. The Balaban J connectivity index is 1.83. The van der Waals surface area contributed by atoms with E-state index < -0.39 is 5.60 Å². The number of carbonyl (C=O) groups is 1. The molecule has 0 N–H and O–H groups in total. The lowest BCUT2D eigenvalue weighted by atomic mass is 10.2. The second-order valence-corrected chi connectivity index (χ2v) is 7.12. The van der Waals surface area contributed by atoms with E-state index in [-0.39, 0.29) is 6.09 Å². The zero-order valence-corrected chi connectivity index (χ0v) is 14.4. The third kappa shape index (κ3) is 5.58. The fourth-order valence-corrected chi connectivity index (χ4v) is 2.19. The first kappa shape index (κ1) is 16.1. The van der Waals surface area contributed by atoms with Gasteiger partial charge in [0.2, 0.25) is 0 Å². The molecule has 0 atom stereocenters. The van der Waals surface area contributed by atoms with Crippen LogP contribution in [0.25, 0.3) is 0 Å². The van der Waals surface area contributed by atoms with Gasteiger partial charge in [-0.1, -0.05) is 15.9 Å². The van der Waals surface area contributed by atoms with E-state index in [1.165, 1.54) is 0 Å². The zero-order chi connectivity index (χ0) is 15.5. The number of hydrogen-bond donors (Lipinski definition) is 0. The molecule has 0 saturated heterocycles. The minimum absolute atomic E-state index is 0.246. The van der Waals surface area contributed by atoms with Crippen LogP contribution >= 0.6 is 15.9 Å². The van der Waals surface area contributed by atoms with Gasteiger partial charge >= 0.3 is 6.09 Å². The van der Waals surface area contributed by atoms with Crippen molar-refractivity contribution >= 4 is 22.0 Å². The maximum absolute atomic E-state index is 12.2. The number of hydrogen-bond acceptors (Lipinski definition) is 3. The van der Waals surface area contributed by atoms with Gasteiger partial charge < -0.3 is 14.4 Å². The summed E-state index contributed by atoms with van der Waals surface area (Å²) in [6.07, 6.45) is 1.86. The molecule has 1 fully saturated rings. The molecular weight excluding hydrogens is 334 g/mol. The standard InChI is InChI=1S/C16H22BrNO3/c1-16(2,3)21-15(19)18(13-6-7-13)10-11-20-14-8-4-12(17)5-9-14/h4-5,8-9,13H,6-7,10-11H2,1-3H3. The van der Waals surface area contributed by atoms with E-state index in [2.05, 4.69) is 15.9 Å². The Labute approximate surface area is 134 Å². The van der Waals surface area contributed by atoms with Crippen molar-refractivity contribution in [1.29, 1.82) is 0 Å². The molecule has 0 bridgehead atoms. The minimum Gasteiger partial charge on any atom is -0.492 e. The molecule has 1 saturated carbocycles. The molecule has 1 aliphatic carbocycles. The van der Waals surface area contributed by atoms with Crippen molar-refractivity contribution in [3.05, 3.63) is 28.7 Å².